The van der Waals surface area contributed by atoms with E-state index in [1.165, 1.54) is 12.1 Å². The van der Waals surface area contributed by atoms with Crippen molar-refractivity contribution in [2.45, 2.75) is 32.3 Å². The van der Waals surface area contributed by atoms with Gasteiger partial charge in [-0.1, -0.05) is 6.92 Å². The Balaban J connectivity index is 2.11. The number of nitrogens with zero attached hydrogens (tertiary/aromatic N) is 1. The molecule has 1 aromatic rings. The molecule has 0 unspecified atom stereocenters. The molecule has 1 fully saturated rings. The van der Waals surface area contributed by atoms with Crippen LogP contribution in [0.15, 0.2) is 18.2 Å². The van der Waals surface area contributed by atoms with Crippen LogP contribution in [0.25, 0.3) is 0 Å². The highest BCUT2D eigenvalue weighted by Crippen LogP contribution is 2.22. The van der Waals surface area contributed by atoms with Crippen molar-refractivity contribution in [3.05, 3.63) is 33.9 Å². The summed E-state index contributed by atoms with van der Waals surface area (Å²) in [7, 11) is 0. The molecule has 0 radical (unpaired) electrons. The zero-order valence-corrected chi connectivity index (χ0v) is 12.6. The average molecular weight is 307 g/mol. The van der Waals surface area contributed by atoms with E-state index in [4.69, 9.17) is 4.74 Å². The summed E-state index contributed by atoms with van der Waals surface area (Å²) in [5.74, 6) is -0.321. The molecule has 1 heterocycles. The fraction of sp³-hybridized carbons (Fsp3) is 0.533. The Bertz CT molecular complexity index is 542. The highest BCUT2D eigenvalue weighted by atomic mass is 16.6. The molecule has 0 saturated carbocycles. The third-order valence-electron chi connectivity index (χ3n) is 3.54. The van der Waals surface area contributed by atoms with Crippen LogP contribution >= 0.6 is 0 Å². The summed E-state index contributed by atoms with van der Waals surface area (Å²) in [6.45, 7) is 3.86. The van der Waals surface area contributed by atoms with E-state index in [2.05, 4.69) is 10.6 Å². The maximum absolute atomic E-state index is 12.3. The van der Waals surface area contributed by atoms with E-state index in [1.807, 2.05) is 6.92 Å². The Hall–Kier alpha value is -2.15. The molecule has 2 N–H and O–H groups in total. The number of carbonyl (C=O) groups is 1. The quantitative estimate of drug-likeness (QED) is 0.595. The van der Waals surface area contributed by atoms with Gasteiger partial charge in [-0.15, -0.1) is 0 Å². The number of hydrogen-bond donors (Lipinski definition) is 2. The molecule has 1 saturated heterocycles. The molecule has 0 aliphatic carbocycles. The van der Waals surface area contributed by atoms with Crippen molar-refractivity contribution < 1.29 is 14.5 Å². The van der Waals surface area contributed by atoms with Crippen molar-refractivity contribution in [2.75, 3.05) is 25.0 Å². The van der Waals surface area contributed by atoms with Gasteiger partial charge in [-0.2, -0.15) is 0 Å². The van der Waals surface area contributed by atoms with Crippen LogP contribution in [0.2, 0.25) is 0 Å². The zero-order chi connectivity index (χ0) is 15.9. The predicted molar refractivity (Wildman–Crippen MR) is 83.2 cm³/mol. The van der Waals surface area contributed by atoms with Crippen LogP contribution in [0.1, 0.15) is 36.5 Å². The monoisotopic (exact) mass is 307 g/mol. The van der Waals surface area contributed by atoms with E-state index in [1.54, 1.807) is 6.07 Å². The van der Waals surface area contributed by atoms with Gasteiger partial charge in [0.25, 0.3) is 11.6 Å². The molecule has 1 atom stereocenters. The molecule has 120 valence electrons. The number of anilines is 1. The minimum Gasteiger partial charge on any atom is -0.384 e. The topological polar surface area (TPSA) is 93.5 Å². The molecule has 22 heavy (non-hydrogen) atoms. The van der Waals surface area contributed by atoms with E-state index in [0.29, 0.717) is 24.3 Å². The molecule has 7 heteroatoms. The Morgan fingerprint density at radius 2 is 2.32 bits per heavy atom. The zero-order valence-electron chi connectivity index (χ0n) is 12.6. The smallest absolute Gasteiger partial charge is 0.270 e. The van der Waals surface area contributed by atoms with Crippen molar-refractivity contribution in [3.8, 4) is 0 Å². The van der Waals surface area contributed by atoms with Gasteiger partial charge in [0.2, 0.25) is 0 Å². The second kappa shape index (κ2) is 7.74. The second-order valence-electron chi connectivity index (χ2n) is 5.26. The number of benzene rings is 1. The van der Waals surface area contributed by atoms with Gasteiger partial charge < -0.3 is 15.4 Å². The molecule has 2 rings (SSSR count). The predicted octanol–water partition coefficient (Wildman–Crippen LogP) is 2.33. The molecular weight excluding hydrogens is 286 g/mol. The lowest BCUT2D eigenvalue weighted by molar-refractivity contribution is -0.384. The SMILES string of the molecule is CCCNc1ccc([N+](=O)[O-])cc1C(=O)NC[C@H]1CCCO1. The normalized spacial score (nSPS) is 17.2. The van der Waals surface area contributed by atoms with Crippen LogP contribution in [0.4, 0.5) is 11.4 Å². The molecule has 0 bridgehead atoms. The highest BCUT2D eigenvalue weighted by molar-refractivity contribution is 6.00. The first-order valence-electron chi connectivity index (χ1n) is 7.54. The summed E-state index contributed by atoms with van der Waals surface area (Å²) in [5, 5.41) is 16.8. The fourth-order valence-electron chi connectivity index (χ4n) is 2.35. The largest absolute Gasteiger partial charge is 0.384 e. The van der Waals surface area contributed by atoms with E-state index < -0.39 is 4.92 Å². The van der Waals surface area contributed by atoms with E-state index in [9.17, 15) is 14.9 Å². The molecule has 1 amide bonds. The van der Waals surface area contributed by atoms with Gasteiger partial charge in [0.1, 0.15) is 0 Å². The molecule has 0 spiro atoms. The van der Waals surface area contributed by atoms with E-state index in [-0.39, 0.29) is 17.7 Å². The molecule has 1 aromatic carbocycles. The Morgan fingerprint density at radius 1 is 1.50 bits per heavy atom. The first kappa shape index (κ1) is 16.2. The Morgan fingerprint density at radius 3 is 2.95 bits per heavy atom. The minimum absolute atomic E-state index is 0.0368. The van der Waals surface area contributed by atoms with Gasteiger partial charge in [0, 0.05) is 37.5 Å². The Kier molecular flexibility index (Phi) is 5.71. The maximum atomic E-state index is 12.3. The van der Waals surface area contributed by atoms with Gasteiger partial charge in [-0.3, -0.25) is 14.9 Å². The van der Waals surface area contributed by atoms with E-state index in [0.717, 1.165) is 25.9 Å². The second-order valence-corrected chi connectivity index (χ2v) is 5.26. The van der Waals surface area contributed by atoms with Crippen molar-refractivity contribution >= 4 is 17.3 Å². The van der Waals surface area contributed by atoms with Gasteiger partial charge in [-0.25, -0.2) is 0 Å². The summed E-state index contributed by atoms with van der Waals surface area (Å²) in [6.07, 6.45) is 2.86. The summed E-state index contributed by atoms with van der Waals surface area (Å²) in [5.41, 5.74) is 0.808. The molecule has 7 nitrogen and oxygen atoms in total. The summed E-state index contributed by atoms with van der Waals surface area (Å²) >= 11 is 0. The average Bonchev–Trinajstić information content (AvgIpc) is 3.03. The van der Waals surface area contributed by atoms with Gasteiger partial charge in [0.05, 0.1) is 16.6 Å². The third-order valence-corrected chi connectivity index (χ3v) is 3.54. The van der Waals surface area contributed by atoms with Crippen molar-refractivity contribution in [2.24, 2.45) is 0 Å². The number of carbonyl (C=O) groups excluding carboxylic acids is 1. The fourth-order valence-corrected chi connectivity index (χ4v) is 2.35. The van der Waals surface area contributed by atoms with Crippen LogP contribution in [0, 0.1) is 10.1 Å². The Labute approximate surface area is 129 Å². The summed E-state index contributed by atoms with van der Waals surface area (Å²) in [4.78, 5) is 22.7. The third kappa shape index (κ3) is 4.17. The lowest BCUT2D eigenvalue weighted by Crippen LogP contribution is -2.32. The van der Waals surface area contributed by atoms with Crippen LogP contribution in [-0.2, 0) is 4.74 Å². The van der Waals surface area contributed by atoms with Gasteiger partial charge in [-0.05, 0) is 25.3 Å². The van der Waals surface area contributed by atoms with Crippen LogP contribution in [0.3, 0.4) is 0 Å². The van der Waals surface area contributed by atoms with Crippen molar-refractivity contribution in [1.29, 1.82) is 0 Å². The summed E-state index contributed by atoms with van der Waals surface area (Å²) < 4.78 is 5.46. The van der Waals surface area contributed by atoms with Crippen molar-refractivity contribution in [3.63, 3.8) is 0 Å². The van der Waals surface area contributed by atoms with Crippen molar-refractivity contribution in [1.82, 2.24) is 5.32 Å². The number of non-ortho nitro benzene ring substituents is 1. The lowest BCUT2D eigenvalue weighted by atomic mass is 10.1. The first-order valence-corrected chi connectivity index (χ1v) is 7.54. The minimum atomic E-state index is -0.500. The van der Waals surface area contributed by atoms with Gasteiger partial charge >= 0.3 is 0 Å². The highest BCUT2D eigenvalue weighted by Gasteiger charge is 2.20. The first-order chi connectivity index (χ1) is 10.6. The number of hydrogen-bond acceptors (Lipinski definition) is 5. The molecular formula is C15H21N3O4. The summed E-state index contributed by atoms with van der Waals surface area (Å²) in [6, 6.07) is 4.28. The van der Waals surface area contributed by atoms with E-state index >= 15 is 0 Å². The number of rotatable bonds is 7. The van der Waals surface area contributed by atoms with Crippen LogP contribution in [-0.4, -0.2) is 36.6 Å². The number of ether oxygens (including phenoxy) is 1. The number of nitro groups is 1. The number of nitro benzene ring substituents is 1. The molecule has 1 aliphatic rings. The number of nitrogens with one attached hydrogen (secondary N) is 2. The lowest BCUT2D eigenvalue weighted by Gasteiger charge is -2.14. The standard InChI is InChI=1S/C15H21N3O4/c1-2-7-16-14-6-5-11(18(20)21)9-13(14)15(19)17-10-12-4-3-8-22-12/h5-6,9,12,16H,2-4,7-8,10H2,1H3,(H,17,19)/t12-/m1/s1. The van der Waals surface area contributed by atoms with Gasteiger partial charge in [0.15, 0.2) is 0 Å². The molecule has 0 aromatic heterocycles. The maximum Gasteiger partial charge on any atom is 0.270 e. The molecule has 1 aliphatic heterocycles. The number of amides is 1. The van der Waals surface area contributed by atoms with Crippen LogP contribution in [0.5, 0.6) is 0 Å². The van der Waals surface area contributed by atoms with Crippen LogP contribution < -0.4 is 10.6 Å².